The number of methoxy groups -OCH3 is 1. The van der Waals surface area contributed by atoms with E-state index in [0.29, 0.717) is 23.5 Å². The van der Waals surface area contributed by atoms with E-state index in [1.54, 1.807) is 31.5 Å². The summed E-state index contributed by atoms with van der Waals surface area (Å²) in [4.78, 5) is 20.5. The Morgan fingerprint density at radius 3 is 2.67 bits per heavy atom. The standard InChI is InChI=1S/C26H26N4O3/c1-17(2)33-24-13-19(9-12-23(24)32-3)16-27-30-26(31)20-10-11-21-22(15-20)29-25(28-21)14-18-7-5-4-6-8-18/h4-13,15-17H,14H2,1-3H3,(H,28,29)(H,30,31)/b27-16-. The van der Waals surface area contributed by atoms with Crippen molar-refractivity contribution in [2.75, 3.05) is 7.11 Å². The van der Waals surface area contributed by atoms with E-state index in [9.17, 15) is 4.79 Å². The quantitative estimate of drug-likeness (QED) is 0.305. The first-order valence-corrected chi connectivity index (χ1v) is 10.7. The van der Waals surface area contributed by atoms with Crippen molar-refractivity contribution in [3.63, 3.8) is 0 Å². The van der Waals surface area contributed by atoms with Crippen LogP contribution in [0.25, 0.3) is 11.0 Å². The molecule has 2 N–H and O–H groups in total. The SMILES string of the molecule is COc1ccc(/C=N\NC(=O)c2ccc3nc(Cc4ccccc4)[nH]c3c2)cc1OC(C)C. The van der Waals surface area contributed by atoms with E-state index < -0.39 is 0 Å². The number of ether oxygens (including phenoxy) is 2. The molecule has 0 aliphatic carbocycles. The lowest BCUT2D eigenvalue weighted by molar-refractivity contribution is 0.0955. The summed E-state index contributed by atoms with van der Waals surface area (Å²) in [5.74, 6) is 1.81. The van der Waals surface area contributed by atoms with E-state index in [-0.39, 0.29) is 12.0 Å². The Bertz CT molecular complexity index is 1280. The maximum absolute atomic E-state index is 12.6. The van der Waals surface area contributed by atoms with Crippen LogP contribution in [0.2, 0.25) is 0 Å². The van der Waals surface area contributed by atoms with Crippen LogP contribution in [-0.2, 0) is 6.42 Å². The number of imidazole rings is 1. The Labute approximate surface area is 192 Å². The fraction of sp³-hybridized carbons (Fsp3) is 0.192. The van der Waals surface area contributed by atoms with Crippen molar-refractivity contribution in [1.29, 1.82) is 0 Å². The summed E-state index contributed by atoms with van der Waals surface area (Å²) in [6.07, 6.45) is 2.28. The van der Waals surface area contributed by atoms with Crippen molar-refractivity contribution in [3.05, 3.63) is 89.2 Å². The summed E-state index contributed by atoms with van der Waals surface area (Å²) in [5, 5.41) is 4.09. The van der Waals surface area contributed by atoms with E-state index in [1.165, 1.54) is 5.56 Å². The Morgan fingerprint density at radius 1 is 1.09 bits per heavy atom. The molecule has 0 bridgehead atoms. The average Bonchev–Trinajstić information content (AvgIpc) is 3.21. The molecule has 4 rings (SSSR count). The minimum atomic E-state index is -0.306. The second-order valence-corrected chi connectivity index (χ2v) is 7.85. The fourth-order valence-corrected chi connectivity index (χ4v) is 3.43. The number of benzene rings is 3. The number of nitrogens with zero attached hydrogens (tertiary/aromatic N) is 2. The second kappa shape index (κ2) is 9.99. The molecule has 1 heterocycles. The van der Waals surface area contributed by atoms with Crippen LogP contribution in [0.15, 0.2) is 71.8 Å². The number of H-pyrrole nitrogens is 1. The Balaban J connectivity index is 1.44. The first-order chi connectivity index (χ1) is 16.0. The molecular weight excluding hydrogens is 416 g/mol. The van der Waals surface area contributed by atoms with E-state index in [0.717, 1.165) is 22.4 Å². The minimum Gasteiger partial charge on any atom is -0.493 e. The molecule has 168 valence electrons. The number of hydrazone groups is 1. The Hall–Kier alpha value is -4.13. The zero-order valence-electron chi connectivity index (χ0n) is 18.8. The summed E-state index contributed by atoms with van der Waals surface area (Å²) in [6, 6.07) is 20.9. The van der Waals surface area contributed by atoms with Gasteiger partial charge < -0.3 is 14.5 Å². The van der Waals surface area contributed by atoms with Gasteiger partial charge in [0.05, 0.1) is 30.5 Å². The highest BCUT2D eigenvalue weighted by Gasteiger charge is 2.10. The third-order valence-corrected chi connectivity index (χ3v) is 4.94. The van der Waals surface area contributed by atoms with Crippen molar-refractivity contribution in [3.8, 4) is 11.5 Å². The van der Waals surface area contributed by atoms with Gasteiger partial charge in [0.1, 0.15) is 5.82 Å². The van der Waals surface area contributed by atoms with Gasteiger partial charge in [-0.2, -0.15) is 5.10 Å². The second-order valence-electron chi connectivity index (χ2n) is 7.85. The number of fused-ring (bicyclic) bond motifs is 1. The first-order valence-electron chi connectivity index (χ1n) is 10.7. The van der Waals surface area contributed by atoms with Gasteiger partial charge in [-0.3, -0.25) is 4.79 Å². The molecule has 0 unspecified atom stereocenters. The third-order valence-electron chi connectivity index (χ3n) is 4.94. The highest BCUT2D eigenvalue weighted by molar-refractivity contribution is 5.97. The lowest BCUT2D eigenvalue weighted by atomic mass is 10.1. The predicted molar refractivity (Wildman–Crippen MR) is 129 cm³/mol. The summed E-state index contributed by atoms with van der Waals surface area (Å²) in [5.41, 5.74) is 6.64. The van der Waals surface area contributed by atoms with E-state index in [2.05, 4.69) is 32.6 Å². The van der Waals surface area contributed by atoms with Crippen molar-refractivity contribution >= 4 is 23.2 Å². The summed E-state index contributed by atoms with van der Waals surface area (Å²) >= 11 is 0. The molecule has 0 atom stereocenters. The number of carbonyl (C=O) groups is 1. The average molecular weight is 443 g/mol. The lowest BCUT2D eigenvalue weighted by Gasteiger charge is -2.13. The van der Waals surface area contributed by atoms with Gasteiger partial charge >= 0.3 is 0 Å². The van der Waals surface area contributed by atoms with Gasteiger partial charge in [-0.25, -0.2) is 10.4 Å². The first kappa shape index (κ1) is 22.1. The maximum Gasteiger partial charge on any atom is 0.271 e. The van der Waals surface area contributed by atoms with Gasteiger partial charge in [-0.1, -0.05) is 30.3 Å². The highest BCUT2D eigenvalue weighted by atomic mass is 16.5. The van der Waals surface area contributed by atoms with Gasteiger partial charge in [0.15, 0.2) is 11.5 Å². The molecule has 0 aliphatic rings. The molecular formula is C26H26N4O3. The Morgan fingerprint density at radius 2 is 1.91 bits per heavy atom. The number of amides is 1. The normalized spacial score (nSPS) is 11.3. The molecule has 0 radical (unpaired) electrons. The number of hydrogen-bond acceptors (Lipinski definition) is 5. The van der Waals surface area contributed by atoms with Gasteiger partial charge in [0.25, 0.3) is 5.91 Å². The largest absolute Gasteiger partial charge is 0.493 e. The van der Waals surface area contributed by atoms with E-state index in [4.69, 9.17) is 9.47 Å². The lowest BCUT2D eigenvalue weighted by Crippen LogP contribution is -2.17. The Kier molecular flexibility index (Phi) is 6.69. The van der Waals surface area contributed by atoms with Gasteiger partial charge in [-0.15, -0.1) is 0 Å². The summed E-state index contributed by atoms with van der Waals surface area (Å²) in [7, 11) is 1.59. The van der Waals surface area contributed by atoms with Crippen LogP contribution in [0.1, 0.15) is 41.2 Å². The zero-order valence-corrected chi connectivity index (χ0v) is 18.8. The van der Waals surface area contributed by atoms with Crippen LogP contribution in [0, 0.1) is 0 Å². The van der Waals surface area contributed by atoms with Gasteiger partial charge in [-0.05, 0) is 61.4 Å². The molecule has 1 aromatic heterocycles. The van der Waals surface area contributed by atoms with Crippen LogP contribution in [0.5, 0.6) is 11.5 Å². The third kappa shape index (κ3) is 5.57. The molecule has 7 nitrogen and oxygen atoms in total. The molecule has 0 saturated carbocycles. The van der Waals surface area contributed by atoms with Gasteiger partial charge in [0.2, 0.25) is 0 Å². The topological polar surface area (TPSA) is 88.6 Å². The van der Waals surface area contributed by atoms with Crippen LogP contribution >= 0.6 is 0 Å². The number of nitrogens with one attached hydrogen (secondary N) is 2. The molecule has 0 spiro atoms. The van der Waals surface area contributed by atoms with E-state index >= 15 is 0 Å². The van der Waals surface area contributed by atoms with Crippen LogP contribution in [0.4, 0.5) is 0 Å². The maximum atomic E-state index is 12.6. The van der Waals surface area contributed by atoms with Crippen molar-refractivity contribution in [2.45, 2.75) is 26.4 Å². The van der Waals surface area contributed by atoms with Crippen LogP contribution < -0.4 is 14.9 Å². The highest BCUT2D eigenvalue weighted by Crippen LogP contribution is 2.28. The van der Waals surface area contributed by atoms with E-state index in [1.807, 2.05) is 50.2 Å². The van der Waals surface area contributed by atoms with Crippen LogP contribution in [0.3, 0.4) is 0 Å². The minimum absolute atomic E-state index is 0.0106. The summed E-state index contributed by atoms with van der Waals surface area (Å²) < 4.78 is 11.1. The zero-order chi connectivity index (χ0) is 23.2. The van der Waals surface area contributed by atoms with Crippen molar-refractivity contribution in [2.24, 2.45) is 5.10 Å². The number of aromatic amines is 1. The predicted octanol–water partition coefficient (Wildman–Crippen LogP) is 4.71. The van der Waals surface area contributed by atoms with Crippen LogP contribution in [-0.4, -0.2) is 35.3 Å². The molecule has 3 aromatic carbocycles. The number of rotatable bonds is 8. The monoisotopic (exact) mass is 442 g/mol. The molecule has 0 aliphatic heterocycles. The molecule has 7 heteroatoms. The number of carbonyl (C=O) groups excluding carboxylic acids is 1. The molecule has 4 aromatic rings. The fourth-order valence-electron chi connectivity index (χ4n) is 3.43. The summed E-state index contributed by atoms with van der Waals surface area (Å²) in [6.45, 7) is 3.89. The molecule has 1 amide bonds. The van der Waals surface area contributed by atoms with Crippen molar-refractivity contribution < 1.29 is 14.3 Å². The smallest absolute Gasteiger partial charge is 0.271 e. The number of aromatic nitrogens is 2. The van der Waals surface area contributed by atoms with Crippen molar-refractivity contribution in [1.82, 2.24) is 15.4 Å². The molecule has 0 fully saturated rings. The van der Waals surface area contributed by atoms with Gasteiger partial charge in [0, 0.05) is 12.0 Å². The molecule has 33 heavy (non-hydrogen) atoms. The number of hydrogen-bond donors (Lipinski definition) is 2. The molecule has 0 saturated heterocycles.